The number of rotatable bonds is 5. The van der Waals surface area contributed by atoms with Gasteiger partial charge in [-0.1, -0.05) is 12.1 Å². The second kappa shape index (κ2) is 7.12. The van der Waals surface area contributed by atoms with Crippen LogP contribution in [0, 0.1) is 11.3 Å². The molecule has 2 aliphatic rings. The number of nitriles is 1. The lowest BCUT2D eigenvalue weighted by atomic mass is 10.0. The molecular formula is C21H23N5O2. The van der Waals surface area contributed by atoms with Gasteiger partial charge in [0.2, 0.25) is 5.91 Å². The summed E-state index contributed by atoms with van der Waals surface area (Å²) in [6, 6.07) is 9.28. The average molecular weight is 377 g/mol. The number of nitrogens with zero attached hydrogens (tertiary/aromatic N) is 3. The Morgan fingerprint density at radius 1 is 1.32 bits per heavy atom. The molecule has 2 heterocycles. The molecule has 0 bridgehead atoms. The summed E-state index contributed by atoms with van der Waals surface area (Å²) >= 11 is 0. The second-order valence-electron chi connectivity index (χ2n) is 7.79. The summed E-state index contributed by atoms with van der Waals surface area (Å²) in [7, 11) is 0. The van der Waals surface area contributed by atoms with Crippen molar-refractivity contribution in [3.05, 3.63) is 41.1 Å². The quantitative estimate of drug-likeness (QED) is 0.836. The molecule has 1 saturated heterocycles. The zero-order chi connectivity index (χ0) is 19.8. The molecule has 28 heavy (non-hydrogen) atoms. The van der Waals surface area contributed by atoms with Gasteiger partial charge in [0.15, 0.2) is 0 Å². The number of hydrogen-bond donors (Lipinski definition) is 2. The number of nitrogens with one attached hydrogen (secondary N) is 2. The van der Waals surface area contributed by atoms with Crippen LogP contribution in [0.2, 0.25) is 0 Å². The van der Waals surface area contributed by atoms with Crippen molar-refractivity contribution in [2.24, 2.45) is 0 Å². The Balaban J connectivity index is 1.76. The zero-order valence-electron chi connectivity index (χ0n) is 16.0. The first-order valence-electron chi connectivity index (χ1n) is 9.68. The van der Waals surface area contributed by atoms with Crippen LogP contribution in [0.4, 0.5) is 0 Å². The number of benzene rings is 1. The van der Waals surface area contributed by atoms with Crippen LogP contribution in [-0.4, -0.2) is 34.2 Å². The minimum atomic E-state index is -0.194. The third-order valence-corrected chi connectivity index (χ3v) is 5.24. The van der Waals surface area contributed by atoms with Gasteiger partial charge in [0.25, 0.3) is 5.91 Å². The molecule has 4 rings (SSSR count). The molecule has 1 aliphatic heterocycles. The van der Waals surface area contributed by atoms with Crippen molar-refractivity contribution in [3.8, 4) is 17.3 Å². The van der Waals surface area contributed by atoms with Crippen molar-refractivity contribution >= 4 is 11.8 Å². The number of amides is 2. The van der Waals surface area contributed by atoms with Crippen molar-refractivity contribution in [3.63, 3.8) is 0 Å². The van der Waals surface area contributed by atoms with Crippen molar-refractivity contribution in [1.29, 1.82) is 5.26 Å². The van der Waals surface area contributed by atoms with E-state index in [-0.39, 0.29) is 23.9 Å². The highest BCUT2D eigenvalue weighted by atomic mass is 16.2. The maximum absolute atomic E-state index is 13.2. The summed E-state index contributed by atoms with van der Waals surface area (Å²) in [6.07, 6.45) is 2.39. The van der Waals surface area contributed by atoms with Crippen LogP contribution < -0.4 is 10.6 Å². The fraction of sp³-hybridized carbons (Fsp3) is 0.429. The van der Waals surface area contributed by atoms with Gasteiger partial charge in [-0.05, 0) is 44.7 Å². The van der Waals surface area contributed by atoms with E-state index in [4.69, 9.17) is 10.4 Å². The van der Waals surface area contributed by atoms with Gasteiger partial charge in [0.05, 0.1) is 23.4 Å². The van der Waals surface area contributed by atoms with Crippen LogP contribution in [-0.2, 0) is 4.79 Å². The summed E-state index contributed by atoms with van der Waals surface area (Å²) in [5, 5.41) is 19.6. The van der Waals surface area contributed by atoms with Crippen molar-refractivity contribution in [2.45, 2.75) is 51.1 Å². The molecule has 1 atom stereocenters. The molecule has 1 aromatic carbocycles. The molecule has 2 N–H and O–H groups in total. The van der Waals surface area contributed by atoms with Crippen LogP contribution in [0.15, 0.2) is 24.3 Å². The first-order valence-corrected chi connectivity index (χ1v) is 9.68. The first-order chi connectivity index (χ1) is 13.5. The lowest BCUT2D eigenvalue weighted by molar-refractivity contribution is -0.119. The lowest BCUT2D eigenvalue weighted by Crippen LogP contribution is -2.38. The van der Waals surface area contributed by atoms with E-state index in [1.807, 2.05) is 26.0 Å². The topological polar surface area (TPSA) is 99.8 Å². The number of carbonyl (C=O) groups is 2. The molecule has 7 nitrogen and oxygen atoms in total. The van der Waals surface area contributed by atoms with Crippen LogP contribution >= 0.6 is 0 Å². The van der Waals surface area contributed by atoms with E-state index < -0.39 is 0 Å². The van der Waals surface area contributed by atoms with Crippen LogP contribution in [0.5, 0.6) is 0 Å². The van der Waals surface area contributed by atoms with E-state index in [1.165, 1.54) is 0 Å². The minimum Gasteiger partial charge on any atom is -0.354 e. The van der Waals surface area contributed by atoms with Crippen LogP contribution in [0.1, 0.15) is 66.7 Å². The fourth-order valence-electron chi connectivity index (χ4n) is 3.68. The van der Waals surface area contributed by atoms with Gasteiger partial charge in [-0.15, -0.1) is 0 Å². The Morgan fingerprint density at radius 2 is 2.04 bits per heavy atom. The molecule has 1 aliphatic carbocycles. The van der Waals surface area contributed by atoms with E-state index in [2.05, 4.69) is 16.7 Å². The van der Waals surface area contributed by atoms with Crippen LogP contribution in [0.25, 0.3) is 11.3 Å². The minimum absolute atomic E-state index is 0.0220. The van der Waals surface area contributed by atoms with E-state index >= 15 is 0 Å². The third-order valence-electron chi connectivity index (χ3n) is 5.24. The summed E-state index contributed by atoms with van der Waals surface area (Å²) < 4.78 is 1.79. The summed E-state index contributed by atoms with van der Waals surface area (Å²) in [5.41, 5.74) is 3.89. The maximum Gasteiger partial charge on any atom is 0.270 e. The van der Waals surface area contributed by atoms with Crippen molar-refractivity contribution < 1.29 is 9.59 Å². The van der Waals surface area contributed by atoms with E-state index in [0.717, 1.165) is 29.7 Å². The Hall–Kier alpha value is -3.14. The highest BCUT2D eigenvalue weighted by molar-refractivity contribution is 5.97. The number of hydrogen-bond acceptors (Lipinski definition) is 4. The molecule has 2 amide bonds. The molecule has 7 heteroatoms. The third kappa shape index (κ3) is 3.38. The molecular weight excluding hydrogens is 354 g/mol. The average Bonchev–Trinajstić information content (AvgIpc) is 3.31. The normalized spacial score (nSPS) is 18.8. The van der Waals surface area contributed by atoms with Crippen LogP contribution in [0.3, 0.4) is 0 Å². The molecule has 144 valence electrons. The van der Waals surface area contributed by atoms with Gasteiger partial charge in [0.1, 0.15) is 5.69 Å². The first kappa shape index (κ1) is 18.2. The summed E-state index contributed by atoms with van der Waals surface area (Å²) in [4.78, 5) is 24.6. The zero-order valence-corrected chi connectivity index (χ0v) is 16.0. The Morgan fingerprint density at radius 3 is 2.57 bits per heavy atom. The highest BCUT2D eigenvalue weighted by Gasteiger charge is 2.37. The standard InChI is InChI=1S/C21H23N5O2/c1-12(2)26-20(21(28)24-16-9-17(27)23-11-16)18(14-7-8-14)19(25-26)15-5-3-13(10-22)4-6-15/h3-6,12,14,16H,7-9,11H2,1-2H3,(H,23,27)(H,24,28). The molecule has 0 spiro atoms. The Kier molecular flexibility index (Phi) is 4.63. The molecule has 0 radical (unpaired) electrons. The molecule has 1 aromatic heterocycles. The van der Waals surface area contributed by atoms with E-state index in [1.54, 1.807) is 16.8 Å². The number of aromatic nitrogens is 2. The highest BCUT2D eigenvalue weighted by Crippen LogP contribution is 2.46. The van der Waals surface area contributed by atoms with Crippen molar-refractivity contribution in [2.75, 3.05) is 6.54 Å². The van der Waals surface area contributed by atoms with Gasteiger partial charge in [-0.2, -0.15) is 10.4 Å². The van der Waals surface area contributed by atoms with Gasteiger partial charge in [0, 0.05) is 30.1 Å². The summed E-state index contributed by atoms with van der Waals surface area (Å²) in [6.45, 7) is 4.47. The van der Waals surface area contributed by atoms with Gasteiger partial charge in [-0.3, -0.25) is 14.3 Å². The second-order valence-corrected chi connectivity index (χ2v) is 7.79. The molecule has 1 unspecified atom stereocenters. The molecule has 2 aromatic rings. The van der Waals surface area contributed by atoms with E-state index in [9.17, 15) is 9.59 Å². The monoisotopic (exact) mass is 377 g/mol. The summed E-state index contributed by atoms with van der Waals surface area (Å²) in [5.74, 6) is 0.107. The fourth-order valence-corrected chi connectivity index (χ4v) is 3.68. The largest absolute Gasteiger partial charge is 0.354 e. The SMILES string of the molecule is CC(C)n1nc(-c2ccc(C#N)cc2)c(C2CC2)c1C(=O)NC1CNC(=O)C1. The maximum atomic E-state index is 13.2. The Labute approximate surface area is 163 Å². The smallest absolute Gasteiger partial charge is 0.270 e. The van der Waals surface area contributed by atoms with Gasteiger partial charge in [-0.25, -0.2) is 0 Å². The predicted octanol–water partition coefficient (Wildman–Crippen LogP) is 2.50. The van der Waals surface area contributed by atoms with E-state index in [0.29, 0.717) is 30.1 Å². The molecule has 1 saturated carbocycles. The lowest BCUT2D eigenvalue weighted by Gasteiger charge is -2.15. The number of carbonyl (C=O) groups excluding carboxylic acids is 2. The van der Waals surface area contributed by atoms with Crippen molar-refractivity contribution in [1.82, 2.24) is 20.4 Å². The van der Waals surface area contributed by atoms with Gasteiger partial charge < -0.3 is 10.6 Å². The Bertz CT molecular complexity index is 964. The molecule has 2 fully saturated rings. The van der Waals surface area contributed by atoms with Gasteiger partial charge >= 0.3 is 0 Å². The predicted molar refractivity (Wildman–Crippen MR) is 104 cm³/mol.